The number of methoxy groups -OCH3 is 2. The van der Waals surface area contributed by atoms with Gasteiger partial charge in [0.25, 0.3) is 0 Å². The van der Waals surface area contributed by atoms with Gasteiger partial charge in [-0.1, -0.05) is 6.07 Å². The fraction of sp³-hybridized carbons (Fsp3) is 0.263. The average Bonchev–Trinajstić information content (AvgIpc) is 2.69. The number of aliphatic imine (C=N–C) groups is 1. The highest BCUT2D eigenvalue weighted by atomic mass is 19.1. The van der Waals surface area contributed by atoms with E-state index in [0.717, 1.165) is 23.8 Å². The molecule has 0 amide bonds. The summed E-state index contributed by atoms with van der Waals surface area (Å²) < 4.78 is 36.8. The summed E-state index contributed by atoms with van der Waals surface area (Å²) in [5.74, 6) is -0.705. The molecule has 0 unspecified atom stereocenters. The van der Waals surface area contributed by atoms with Crippen LogP contribution >= 0.6 is 0 Å². The number of nitrogens with zero attached hydrogens (tertiary/aromatic N) is 1. The Morgan fingerprint density at radius 1 is 1.07 bits per heavy atom. The van der Waals surface area contributed by atoms with Gasteiger partial charge in [-0.2, -0.15) is 0 Å². The van der Waals surface area contributed by atoms with Crippen molar-refractivity contribution >= 4 is 11.9 Å². The van der Waals surface area contributed by atoms with E-state index in [9.17, 15) is 13.6 Å². The summed E-state index contributed by atoms with van der Waals surface area (Å²) in [5.41, 5.74) is 1.29. The number of hydrogen-bond acceptors (Lipinski definition) is 4. The van der Waals surface area contributed by atoms with Crippen LogP contribution in [-0.4, -0.2) is 33.2 Å². The van der Waals surface area contributed by atoms with Crippen LogP contribution in [0.2, 0.25) is 0 Å². The minimum absolute atomic E-state index is 0.0687. The maximum Gasteiger partial charge on any atom is 0.341 e. The van der Waals surface area contributed by atoms with E-state index in [-0.39, 0.29) is 12.1 Å². The van der Waals surface area contributed by atoms with Gasteiger partial charge in [-0.3, -0.25) is 4.99 Å². The molecule has 0 heterocycles. The molecule has 0 spiro atoms. The van der Waals surface area contributed by atoms with Crippen molar-refractivity contribution in [3.05, 3.63) is 64.7 Å². The molecular weight excluding hydrogens is 356 g/mol. The van der Waals surface area contributed by atoms with Gasteiger partial charge in [0, 0.05) is 25.7 Å². The summed E-state index contributed by atoms with van der Waals surface area (Å²) in [7, 11) is 4.33. The van der Waals surface area contributed by atoms with Crippen LogP contribution in [0.3, 0.4) is 0 Å². The van der Waals surface area contributed by atoms with E-state index in [1.165, 1.54) is 14.2 Å². The number of halogens is 2. The Bertz CT molecular complexity index is 841. The van der Waals surface area contributed by atoms with Gasteiger partial charge in [-0.05, 0) is 35.9 Å². The zero-order chi connectivity index (χ0) is 19.8. The lowest BCUT2D eigenvalue weighted by Crippen LogP contribution is -2.36. The van der Waals surface area contributed by atoms with Crippen molar-refractivity contribution in [3.63, 3.8) is 0 Å². The zero-order valence-corrected chi connectivity index (χ0v) is 15.3. The molecule has 0 aliphatic rings. The van der Waals surface area contributed by atoms with E-state index in [1.54, 1.807) is 25.2 Å². The monoisotopic (exact) mass is 377 g/mol. The van der Waals surface area contributed by atoms with Crippen molar-refractivity contribution in [2.45, 2.75) is 13.1 Å². The molecule has 0 aromatic heterocycles. The van der Waals surface area contributed by atoms with Crippen molar-refractivity contribution in [2.24, 2.45) is 4.99 Å². The Morgan fingerprint density at radius 3 is 2.48 bits per heavy atom. The first kappa shape index (κ1) is 20.2. The lowest BCUT2D eigenvalue weighted by molar-refractivity contribution is 0.0597. The quantitative estimate of drug-likeness (QED) is 0.460. The molecule has 27 heavy (non-hydrogen) atoms. The minimum atomic E-state index is -0.510. The molecule has 0 atom stereocenters. The van der Waals surface area contributed by atoms with Crippen LogP contribution in [0, 0.1) is 11.6 Å². The second-order valence-corrected chi connectivity index (χ2v) is 5.54. The van der Waals surface area contributed by atoms with Crippen molar-refractivity contribution < 1.29 is 23.0 Å². The molecule has 0 aliphatic carbocycles. The van der Waals surface area contributed by atoms with Crippen LogP contribution in [0.5, 0.6) is 5.75 Å². The Hall–Kier alpha value is -3.16. The third kappa shape index (κ3) is 5.40. The molecule has 2 N–H and O–H groups in total. The van der Waals surface area contributed by atoms with Crippen LogP contribution < -0.4 is 15.4 Å². The molecule has 8 heteroatoms. The van der Waals surface area contributed by atoms with Gasteiger partial charge >= 0.3 is 5.97 Å². The predicted octanol–water partition coefficient (Wildman–Crippen LogP) is 2.63. The Kier molecular flexibility index (Phi) is 7.10. The van der Waals surface area contributed by atoms with E-state index in [0.29, 0.717) is 23.8 Å². The summed E-state index contributed by atoms with van der Waals surface area (Å²) in [4.78, 5) is 15.9. The number of carbonyl (C=O) groups is 1. The van der Waals surface area contributed by atoms with Gasteiger partial charge in [0.05, 0.1) is 14.2 Å². The van der Waals surface area contributed by atoms with Gasteiger partial charge in [0.1, 0.15) is 22.9 Å². The van der Waals surface area contributed by atoms with Gasteiger partial charge in [-0.25, -0.2) is 13.6 Å². The molecule has 0 fully saturated rings. The molecule has 0 bridgehead atoms. The van der Waals surface area contributed by atoms with Crippen LogP contribution in [-0.2, 0) is 17.8 Å². The number of nitrogens with one attached hydrogen (secondary N) is 2. The Morgan fingerprint density at radius 2 is 1.81 bits per heavy atom. The van der Waals surface area contributed by atoms with Crippen molar-refractivity contribution in [1.82, 2.24) is 10.6 Å². The normalized spacial score (nSPS) is 11.1. The van der Waals surface area contributed by atoms with E-state index >= 15 is 0 Å². The molecule has 0 saturated carbocycles. The molecule has 144 valence electrons. The first-order chi connectivity index (χ1) is 13.0. The number of benzene rings is 2. The van der Waals surface area contributed by atoms with E-state index in [1.807, 2.05) is 0 Å². The van der Waals surface area contributed by atoms with Gasteiger partial charge in [-0.15, -0.1) is 0 Å². The van der Waals surface area contributed by atoms with Crippen molar-refractivity contribution in [1.29, 1.82) is 0 Å². The zero-order valence-electron chi connectivity index (χ0n) is 15.3. The summed E-state index contributed by atoms with van der Waals surface area (Å²) in [5, 5.41) is 5.95. The van der Waals surface area contributed by atoms with Crippen LogP contribution in [0.1, 0.15) is 21.5 Å². The van der Waals surface area contributed by atoms with Crippen LogP contribution in [0.25, 0.3) is 0 Å². The van der Waals surface area contributed by atoms with Crippen molar-refractivity contribution in [2.75, 3.05) is 21.3 Å². The number of esters is 1. The maximum absolute atomic E-state index is 13.7. The maximum atomic E-state index is 13.7. The second kappa shape index (κ2) is 9.51. The number of rotatable bonds is 6. The van der Waals surface area contributed by atoms with E-state index in [2.05, 4.69) is 15.6 Å². The third-order valence-corrected chi connectivity index (χ3v) is 3.81. The van der Waals surface area contributed by atoms with Crippen LogP contribution in [0.15, 0.2) is 41.4 Å². The predicted molar refractivity (Wildman–Crippen MR) is 97.7 cm³/mol. The summed E-state index contributed by atoms with van der Waals surface area (Å²) >= 11 is 0. The molecule has 6 nitrogen and oxygen atoms in total. The lowest BCUT2D eigenvalue weighted by atomic mass is 10.1. The fourth-order valence-electron chi connectivity index (χ4n) is 2.40. The summed E-state index contributed by atoms with van der Waals surface area (Å²) in [6, 6.07) is 8.38. The highest BCUT2D eigenvalue weighted by molar-refractivity contribution is 5.92. The first-order valence-corrected chi connectivity index (χ1v) is 8.12. The molecule has 2 aromatic carbocycles. The second-order valence-electron chi connectivity index (χ2n) is 5.54. The van der Waals surface area contributed by atoms with Crippen LogP contribution in [0.4, 0.5) is 8.78 Å². The lowest BCUT2D eigenvalue weighted by Gasteiger charge is -2.14. The highest BCUT2D eigenvalue weighted by Crippen LogP contribution is 2.20. The van der Waals surface area contributed by atoms with Crippen molar-refractivity contribution in [3.8, 4) is 5.75 Å². The van der Waals surface area contributed by atoms with E-state index < -0.39 is 17.6 Å². The van der Waals surface area contributed by atoms with Gasteiger partial charge < -0.3 is 20.1 Å². The topological polar surface area (TPSA) is 72.0 Å². The Labute approximate surface area is 156 Å². The largest absolute Gasteiger partial charge is 0.496 e. The van der Waals surface area contributed by atoms with E-state index in [4.69, 9.17) is 9.47 Å². The third-order valence-electron chi connectivity index (χ3n) is 3.81. The smallest absolute Gasteiger partial charge is 0.341 e. The number of ether oxygens (including phenoxy) is 2. The number of guanidine groups is 1. The summed E-state index contributed by atoms with van der Waals surface area (Å²) in [6.07, 6.45) is 0. The molecular formula is C19H21F2N3O3. The molecule has 0 radical (unpaired) electrons. The number of hydrogen-bond donors (Lipinski definition) is 2. The Balaban J connectivity index is 2.01. The molecule has 2 rings (SSSR count). The first-order valence-electron chi connectivity index (χ1n) is 8.12. The number of carbonyl (C=O) groups excluding carboxylic acids is 1. The molecule has 0 aliphatic heterocycles. The van der Waals surface area contributed by atoms with Gasteiger partial charge in [0.2, 0.25) is 0 Å². The van der Waals surface area contributed by atoms with Gasteiger partial charge in [0.15, 0.2) is 5.96 Å². The molecule has 2 aromatic rings. The molecule has 0 saturated heterocycles. The fourth-order valence-corrected chi connectivity index (χ4v) is 2.40. The standard InChI is InChI=1S/C19H21F2N3O3/c1-22-19(24-11-13-9-14(20)5-6-16(13)21)23-10-12-4-7-17(26-2)15(8-12)18(25)27-3/h4-9H,10-11H2,1-3H3,(H2,22,23,24). The average molecular weight is 377 g/mol. The highest BCUT2D eigenvalue weighted by Gasteiger charge is 2.13. The minimum Gasteiger partial charge on any atom is -0.496 e. The SMILES string of the molecule is CN=C(NCc1ccc(OC)c(C(=O)OC)c1)NCc1cc(F)ccc1F. The summed E-state index contributed by atoms with van der Waals surface area (Å²) in [6.45, 7) is 0.415.